The van der Waals surface area contributed by atoms with E-state index in [0.717, 1.165) is 66.0 Å². The maximum atomic E-state index is 12.8. The summed E-state index contributed by atoms with van der Waals surface area (Å²) in [6.07, 6.45) is 7.17. The number of pyridine rings is 1. The van der Waals surface area contributed by atoms with E-state index in [4.69, 9.17) is 9.47 Å². The van der Waals surface area contributed by atoms with Gasteiger partial charge >= 0.3 is 0 Å². The minimum Gasteiger partial charge on any atom is -0.493 e. The SMILES string of the molecule is COc1ccc([C@@H](C)NC(=O)/C=C/c2c[nH]c3ncc(-c4cccc(CN5CCN(C)CC5)c4)cc23)cc1OC. The molecule has 208 valence electrons. The molecular weight excluding hydrogens is 502 g/mol. The molecule has 0 unspecified atom stereocenters. The van der Waals surface area contributed by atoms with Crippen LogP contribution in [0.25, 0.3) is 28.2 Å². The van der Waals surface area contributed by atoms with Crippen LogP contribution in [0, 0.1) is 0 Å². The summed E-state index contributed by atoms with van der Waals surface area (Å²) < 4.78 is 10.7. The van der Waals surface area contributed by atoms with Gasteiger partial charge in [-0.1, -0.05) is 24.3 Å². The van der Waals surface area contributed by atoms with Gasteiger partial charge in [0.1, 0.15) is 5.65 Å². The number of fused-ring (bicyclic) bond motifs is 1. The Bertz CT molecular complexity index is 1500. The van der Waals surface area contributed by atoms with Crippen LogP contribution in [0.5, 0.6) is 11.5 Å². The van der Waals surface area contributed by atoms with Crippen LogP contribution in [0.15, 0.2) is 67.0 Å². The molecule has 4 aromatic rings. The molecule has 1 aliphatic heterocycles. The largest absolute Gasteiger partial charge is 0.493 e. The molecule has 0 aliphatic carbocycles. The number of nitrogens with zero attached hydrogens (tertiary/aromatic N) is 3. The summed E-state index contributed by atoms with van der Waals surface area (Å²) in [6, 6.07) is 16.3. The average Bonchev–Trinajstić information content (AvgIpc) is 3.39. The zero-order valence-electron chi connectivity index (χ0n) is 23.6. The number of benzene rings is 2. The fourth-order valence-corrected chi connectivity index (χ4v) is 5.07. The lowest BCUT2D eigenvalue weighted by Gasteiger charge is -2.32. The topological polar surface area (TPSA) is 82.7 Å². The molecule has 1 saturated heterocycles. The van der Waals surface area contributed by atoms with Crippen molar-refractivity contribution in [2.45, 2.75) is 19.5 Å². The highest BCUT2D eigenvalue weighted by molar-refractivity contribution is 5.96. The van der Waals surface area contributed by atoms with Gasteiger partial charge in [-0.3, -0.25) is 9.69 Å². The first-order chi connectivity index (χ1) is 19.4. The van der Waals surface area contributed by atoms with Crippen molar-refractivity contribution >= 4 is 23.0 Å². The summed E-state index contributed by atoms with van der Waals surface area (Å²) in [5.41, 5.74) is 6.11. The first-order valence-electron chi connectivity index (χ1n) is 13.6. The van der Waals surface area contributed by atoms with Gasteiger partial charge in [-0.15, -0.1) is 0 Å². The number of hydrogen-bond acceptors (Lipinski definition) is 6. The van der Waals surface area contributed by atoms with Crippen molar-refractivity contribution < 1.29 is 14.3 Å². The summed E-state index contributed by atoms with van der Waals surface area (Å²) in [6.45, 7) is 7.29. The van der Waals surface area contributed by atoms with Gasteiger partial charge < -0.3 is 24.7 Å². The van der Waals surface area contributed by atoms with Gasteiger partial charge in [0.15, 0.2) is 11.5 Å². The minimum absolute atomic E-state index is 0.183. The van der Waals surface area contributed by atoms with Crippen LogP contribution in [-0.2, 0) is 11.3 Å². The molecule has 1 fully saturated rings. The van der Waals surface area contributed by atoms with E-state index in [1.165, 1.54) is 5.56 Å². The van der Waals surface area contributed by atoms with E-state index in [0.29, 0.717) is 11.5 Å². The Labute approximate surface area is 235 Å². The van der Waals surface area contributed by atoms with Gasteiger partial charge in [0.2, 0.25) is 5.91 Å². The van der Waals surface area contributed by atoms with Crippen LogP contribution in [-0.4, -0.2) is 73.1 Å². The van der Waals surface area contributed by atoms with Crippen molar-refractivity contribution in [2.24, 2.45) is 0 Å². The minimum atomic E-state index is -0.202. The molecule has 2 N–H and O–H groups in total. The second-order valence-corrected chi connectivity index (χ2v) is 10.3. The Morgan fingerprint density at radius 3 is 2.62 bits per heavy atom. The van der Waals surface area contributed by atoms with Gasteiger partial charge in [-0.05, 0) is 61.0 Å². The molecule has 3 heterocycles. The molecule has 1 atom stereocenters. The fourth-order valence-electron chi connectivity index (χ4n) is 5.07. The monoisotopic (exact) mass is 539 g/mol. The Hall–Kier alpha value is -4.14. The Kier molecular flexibility index (Phi) is 8.48. The number of carbonyl (C=O) groups is 1. The zero-order valence-corrected chi connectivity index (χ0v) is 23.6. The van der Waals surface area contributed by atoms with Gasteiger partial charge in [0.25, 0.3) is 0 Å². The first kappa shape index (κ1) is 27.4. The Morgan fingerprint density at radius 1 is 1.05 bits per heavy atom. The molecule has 40 heavy (non-hydrogen) atoms. The highest BCUT2D eigenvalue weighted by Gasteiger charge is 2.15. The first-order valence-corrected chi connectivity index (χ1v) is 13.6. The molecule has 1 amide bonds. The van der Waals surface area contributed by atoms with Crippen LogP contribution in [0.3, 0.4) is 0 Å². The Morgan fingerprint density at radius 2 is 1.85 bits per heavy atom. The molecule has 2 aromatic carbocycles. The maximum absolute atomic E-state index is 12.8. The van der Waals surface area contributed by atoms with Gasteiger partial charge in [-0.2, -0.15) is 0 Å². The predicted octanol–water partition coefficient (Wildman–Crippen LogP) is 4.89. The van der Waals surface area contributed by atoms with Crippen LogP contribution >= 0.6 is 0 Å². The lowest BCUT2D eigenvalue weighted by atomic mass is 10.0. The van der Waals surface area contributed by atoms with Crippen LogP contribution in [0.1, 0.15) is 29.7 Å². The standard InChI is InChI=1S/C32H37N5O3/c1-22(24-8-10-29(39-3)30(18-24)40-4)35-31(38)11-9-26-19-33-32-28(26)17-27(20-34-32)25-7-5-6-23(16-25)21-37-14-12-36(2)13-15-37/h5-11,16-20,22H,12-15,21H2,1-4H3,(H,33,34)(H,35,38)/b11-9+/t22-/m1/s1. The summed E-state index contributed by atoms with van der Waals surface area (Å²) in [5, 5.41) is 3.99. The highest BCUT2D eigenvalue weighted by atomic mass is 16.5. The molecule has 0 spiro atoms. The smallest absolute Gasteiger partial charge is 0.244 e. The van der Waals surface area contributed by atoms with Crippen LogP contribution < -0.4 is 14.8 Å². The number of aromatic nitrogens is 2. The third kappa shape index (κ3) is 6.35. The van der Waals surface area contributed by atoms with Crippen molar-refractivity contribution in [1.82, 2.24) is 25.1 Å². The van der Waals surface area contributed by atoms with E-state index in [-0.39, 0.29) is 11.9 Å². The summed E-state index contributed by atoms with van der Waals surface area (Å²) in [7, 11) is 5.38. The van der Waals surface area contributed by atoms with Crippen LogP contribution in [0.4, 0.5) is 0 Å². The summed E-state index contributed by atoms with van der Waals surface area (Å²) in [4.78, 5) is 25.5. The number of piperazine rings is 1. The summed E-state index contributed by atoms with van der Waals surface area (Å²) in [5.74, 6) is 1.10. The van der Waals surface area contributed by atoms with E-state index in [2.05, 4.69) is 62.5 Å². The highest BCUT2D eigenvalue weighted by Crippen LogP contribution is 2.30. The van der Waals surface area contributed by atoms with E-state index >= 15 is 0 Å². The van der Waals surface area contributed by atoms with Crippen molar-refractivity contribution in [3.63, 3.8) is 0 Å². The number of hydrogen-bond donors (Lipinski definition) is 2. The van der Waals surface area contributed by atoms with Crippen molar-refractivity contribution in [1.29, 1.82) is 0 Å². The second kappa shape index (κ2) is 12.4. The molecule has 1 aliphatic rings. The molecule has 8 heteroatoms. The summed E-state index contributed by atoms with van der Waals surface area (Å²) >= 11 is 0. The number of aromatic amines is 1. The zero-order chi connectivity index (χ0) is 28.1. The van der Waals surface area contributed by atoms with Crippen LogP contribution in [0.2, 0.25) is 0 Å². The molecule has 0 radical (unpaired) electrons. The molecule has 8 nitrogen and oxygen atoms in total. The number of nitrogens with one attached hydrogen (secondary N) is 2. The van der Waals surface area contributed by atoms with Crippen molar-refractivity contribution in [3.05, 3.63) is 83.7 Å². The maximum Gasteiger partial charge on any atom is 0.244 e. The third-order valence-electron chi connectivity index (χ3n) is 7.51. The van der Waals surface area contributed by atoms with Gasteiger partial charge in [-0.25, -0.2) is 4.98 Å². The third-order valence-corrected chi connectivity index (χ3v) is 7.51. The fraction of sp³-hybridized carbons (Fsp3) is 0.312. The Balaban J connectivity index is 1.28. The van der Waals surface area contributed by atoms with E-state index in [9.17, 15) is 4.79 Å². The van der Waals surface area contributed by atoms with E-state index in [1.807, 2.05) is 43.6 Å². The van der Waals surface area contributed by atoms with Gasteiger partial charge in [0.05, 0.1) is 20.3 Å². The molecule has 2 aromatic heterocycles. The van der Waals surface area contributed by atoms with Crippen molar-refractivity contribution in [2.75, 3.05) is 47.4 Å². The second-order valence-electron chi connectivity index (χ2n) is 10.3. The van der Waals surface area contributed by atoms with Crippen molar-refractivity contribution in [3.8, 4) is 22.6 Å². The number of ether oxygens (including phenoxy) is 2. The quantitative estimate of drug-likeness (QED) is 0.295. The van der Waals surface area contributed by atoms with E-state index < -0.39 is 0 Å². The molecular formula is C32H37N5O3. The number of methoxy groups -OCH3 is 2. The number of amides is 1. The number of carbonyl (C=O) groups excluding carboxylic acids is 1. The number of H-pyrrole nitrogens is 1. The van der Waals surface area contributed by atoms with E-state index in [1.54, 1.807) is 20.3 Å². The lowest BCUT2D eigenvalue weighted by Crippen LogP contribution is -2.43. The van der Waals surface area contributed by atoms with Gasteiger partial charge in [0, 0.05) is 67.7 Å². The number of likely N-dealkylation sites (N-methyl/N-ethyl adjacent to an activating group) is 1. The predicted molar refractivity (Wildman–Crippen MR) is 159 cm³/mol. The molecule has 0 saturated carbocycles. The molecule has 5 rings (SSSR count). The normalized spacial score (nSPS) is 15.4. The number of rotatable bonds is 9. The lowest BCUT2D eigenvalue weighted by molar-refractivity contribution is -0.117. The molecule has 0 bridgehead atoms. The average molecular weight is 540 g/mol.